The molecule has 0 aliphatic rings. The molecular weight excluding hydrogens is 1570 g/mol. The number of benzene rings is 11. The molecule has 0 amide bonds. The molecule has 11 rings (SSSR count). The van der Waals surface area contributed by atoms with Gasteiger partial charge in [0, 0.05) is 57.1 Å². The Kier molecular flexibility index (Phi) is 34.1. The third-order valence-corrected chi connectivity index (χ3v) is 19.8. The third kappa shape index (κ3) is 27.6. The normalized spacial score (nSPS) is 12.8. The largest absolute Gasteiger partial charge is 0.497 e. The summed E-state index contributed by atoms with van der Waals surface area (Å²) in [5, 5.41) is 41.6. The van der Waals surface area contributed by atoms with Crippen molar-refractivity contribution < 1.29 is 101 Å². The van der Waals surface area contributed by atoms with Crippen LogP contribution in [0.2, 0.25) is 0 Å². The number of ketones is 1. The molecule has 11 aromatic rings. The SMILES string of the molecule is C=C(C)C(=O)OCC(O)COc1ccc(C(c2ccc(OC)cc2)C(c2ccc(OCC(O)COC(=O)C(=C)C)cc2)c2ccc(Oc3ccc(C(=O)c4ccc(C)cc4)cc3)cc2)cc1.C=C(C)C(=O)OCC(O)COc1ccc(C(c2ccc(OC)cc2)C(c2ccc(OCC(O)COC(=O)C(=C)C)cc2)c2ccc(Oc3ccc(C)cc3)cc2)cc1. The van der Waals surface area contributed by atoms with Crippen molar-refractivity contribution in [3.63, 3.8) is 0 Å². The van der Waals surface area contributed by atoms with Gasteiger partial charge >= 0.3 is 23.9 Å². The number of carbonyl (C=O) groups excluding carboxylic acids is 5. The first-order valence-corrected chi connectivity index (χ1v) is 40.2. The third-order valence-electron chi connectivity index (χ3n) is 19.8. The van der Waals surface area contributed by atoms with E-state index in [9.17, 15) is 44.4 Å². The maximum Gasteiger partial charge on any atom is 0.333 e. The van der Waals surface area contributed by atoms with Crippen LogP contribution in [0.5, 0.6) is 57.5 Å². The molecule has 0 saturated heterocycles. The summed E-state index contributed by atoms with van der Waals surface area (Å²) in [6.45, 7) is 23.2. The van der Waals surface area contributed by atoms with Crippen molar-refractivity contribution in [2.24, 2.45) is 0 Å². The number of hydrogen-bond acceptors (Lipinski definition) is 21. The van der Waals surface area contributed by atoms with Crippen LogP contribution in [0.4, 0.5) is 0 Å². The Bertz CT molecular complexity index is 5340. The molecule has 0 fully saturated rings. The van der Waals surface area contributed by atoms with Crippen molar-refractivity contribution in [3.8, 4) is 57.5 Å². The van der Waals surface area contributed by atoms with Crippen LogP contribution in [0.3, 0.4) is 0 Å². The van der Waals surface area contributed by atoms with Gasteiger partial charge in [-0.2, -0.15) is 0 Å². The summed E-state index contributed by atoms with van der Waals surface area (Å²) in [7, 11) is 3.25. The molecule has 0 aliphatic carbocycles. The Morgan fingerprint density at radius 3 is 0.621 bits per heavy atom. The predicted molar refractivity (Wildman–Crippen MR) is 473 cm³/mol. The van der Waals surface area contributed by atoms with Gasteiger partial charge in [0.2, 0.25) is 0 Å². The van der Waals surface area contributed by atoms with E-state index in [1.165, 1.54) is 13.8 Å². The molecule has 0 spiro atoms. The van der Waals surface area contributed by atoms with Crippen molar-refractivity contribution in [2.45, 2.75) is 89.6 Å². The van der Waals surface area contributed by atoms with Crippen LogP contribution in [-0.4, -0.2) is 142 Å². The molecule has 0 aliphatic heterocycles. The zero-order valence-corrected chi connectivity index (χ0v) is 70.7. The lowest BCUT2D eigenvalue weighted by Crippen LogP contribution is -2.25. The number of hydrogen-bond donors (Lipinski definition) is 4. The molecule has 0 aromatic heterocycles. The van der Waals surface area contributed by atoms with Crippen LogP contribution in [0.25, 0.3) is 0 Å². The summed E-state index contributed by atoms with van der Waals surface area (Å²) < 4.78 is 67.2. The van der Waals surface area contributed by atoms with Crippen LogP contribution >= 0.6 is 0 Å². The van der Waals surface area contributed by atoms with E-state index in [0.717, 1.165) is 67.1 Å². The first-order chi connectivity index (χ1) is 59.7. The molecule has 642 valence electrons. The maximum absolute atomic E-state index is 13.1. The van der Waals surface area contributed by atoms with Gasteiger partial charge in [0.25, 0.3) is 0 Å². The van der Waals surface area contributed by atoms with Gasteiger partial charge in [0.1, 0.15) is 135 Å². The molecule has 21 nitrogen and oxygen atoms in total. The highest BCUT2D eigenvalue weighted by molar-refractivity contribution is 6.09. The number of rotatable bonds is 42. The number of aryl methyl sites for hydroxylation is 2. The van der Waals surface area contributed by atoms with Crippen LogP contribution in [0.1, 0.15) is 123 Å². The van der Waals surface area contributed by atoms with Crippen molar-refractivity contribution in [1.29, 1.82) is 0 Å². The van der Waals surface area contributed by atoms with Crippen molar-refractivity contribution in [1.82, 2.24) is 0 Å². The summed E-state index contributed by atoms with van der Waals surface area (Å²) in [6.07, 6.45) is -4.13. The average Bonchev–Trinajstić information content (AvgIpc) is 0.780. The molecular formula is C103H104O21. The minimum Gasteiger partial charge on any atom is -0.497 e. The predicted octanol–water partition coefficient (Wildman–Crippen LogP) is 18.2. The number of aliphatic hydroxyl groups excluding tert-OH is 4. The van der Waals surface area contributed by atoms with Gasteiger partial charge < -0.3 is 77.3 Å². The van der Waals surface area contributed by atoms with Gasteiger partial charge in [-0.25, -0.2) is 19.2 Å². The van der Waals surface area contributed by atoms with Crippen molar-refractivity contribution in [3.05, 3.63) is 382 Å². The van der Waals surface area contributed by atoms with Gasteiger partial charge in [-0.3, -0.25) is 4.79 Å². The summed E-state index contributed by atoms with van der Waals surface area (Å²) in [5.74, 6) is 2.78. The number of ether oxygens (including phenoxy) is 12. The van der Waals surface area contributed by atoms with Gasteiger partial charge in [0.05, 0.1) is 14.2 Å². The second-order valence-electron chi connectivity index (χ2n) is 30.0. The quantitative estimate of drug-likeness (QED) is 0.0120. The van der Waals surface area contributed by atoms with E-state index in [1.54, 1.807) is 52.3 Å². The summed E-state index contributed by atoms with van der Waals surface area (Å²) in [6, 6.07) is 84.9. The summed E-state index contributed by atoms with van der Waals surface area (Å²) in [4.78, 5) is 60.2. The Morgan fingerprint density at radius 2 is 0.419 bits per heavy atom. The number of esters is 4. The fourth-order valence-corrected chi connectivity index (χ4v) is 13.1. The minimum absolute atomic E-state index is 0.0677. The lowest BCUT2D eigenvalue weighted by molar-refractivity contribution is -0.143. The first-order valence-electron chi connectivity index (χ1n) is 40.2. The Labute approximate surface area is 723 Å². The number of methoxy groups -OCH3 is 2. The van der Waals surface area contributed by atoms with E-state index in [4.69, 9.17) is 56.8 Å². The number of carbonyl (C=O) groups is 5. The Balaban J connectivity index is 0.000000262. The fraction of sp³-hybridized carbons (Fsp3) is 0.233. The van der Waals surface area contributed by atoms with Crippen LogP contribution in [-0.2, 0) is 38.1 Å². The fourth-order valence-electron chi connectivity index (χ4n) is 13.1. The topological polar surface area (TPSA) is 277 Å². The summed E-state index contributed by atoms with van der Waals surface area (Å²) in [5.41, 5.74) is 12.3. The second-order valence-corrected chi connectivity index (χ2v) is 30.0. The van der Waals surface area contributed by atoms with Crippen molar-refractivity contribution in [2.75, 3.05) is 67.1 Å². The zero-order chi connectivity index (χ0) is 88.8. The van der Waals surface area contributed by atoms with E-state index in [-0.39, 0.29) is 105 Å². The van der Waals surface area contributed by atoms with E-state index < -0.39 is 48.3 Å². The highest BCUT2D eigenvalue weighted by atomic mass is 16.6. The molecule has 8 unspecified atom stereocenters. The Hall–Kier alpha value is -13.8. The van der Waals surface area contributed by atoms with Crippen molar-refractivity contribution >= 4 is 29.7 Å². The first kappa shape index (κ1) is 92.5. The van der Waals surface area contributed by atoms with E-state index in [0.29, 0.717) is 57.1 Å². The van der Waals surface area contributed by atoms with E-state index in [1.807, 2.05) is 232 Å². The summed E-state index contributed by atoms with van der Waals surface area (Å²) >= 11 is 0. The molecule has 0 bridgehead atoms. The van der Waals surface area contributed by atoms with E-state index >= 15 is 0 Å². The standard InChI is InChI=1S/C55H54O11.C48H50O10/c1-35(2)54(59)64-33-44(56)31-62-47-23-13-39(14-24-47)51(38-11-21-46(61-6)22-12-38)52(40-15-25-48(26-16-40)63-32-45(57)34-65-55(60)36(3)4)41-17-27-49(28-18-41)66-50-29-19-43(20-30-50)53(58)42-9-7-37(5)8-10-42;1-31(2)47(51)56-29-38(49)27-54-41-21-11-35(12-22-41)45(34-9-19-40(53-6)20-10-34)46(37-15-25-44(26-16-37)58-43-17-7-33(5)8-18-43)36-13-23-42(24-14-36)55-28-39(50)30-57-48(52)32(3)4/h7-30,44-45,51-52,56-57H,1,3,31-34H2,2,4-6H3;7-26,38-39,45-46,49-50H,1,3,27-30H2,2,4-6H3. The molecule has 4 N–H and O–H groups in total. The van der Waals surface area contributed by atoms with Crippen LogP contribution < -0.4 is 37.9 Å². The monoisotopic (exact) mass is 1680 g/mol. The van der Waals surface area contributed by atoms with Gasteiger partial charge in [0.15, 0.2) is 5.78 Å². The van der Waals surface area contributed by atoms with Gasteiger partial charge in [-0.1, -0.05) is 171 Å². The van der Waals surface area contributed by atoms with Gasteiger partial charge in [-0.05, 0) is 220 Å². The number of aliphatic hydroxyl groups is 4. The molecule has 11 aromatic carbocycles. The Morgan fingerprint density at radius 1 is 0.250 bits per heavy atom. The molecule has 124 heavy (non-hydrogen) atoms. The minimum atomic E-state index is -1.05. The van der Waals surface area contributed by atoms with Crippen LogP contribution in [0, 0.1) is 13.8 Å². The van der Waals surface area contributed by atoms with Crippen LogP contribution in [0.15, 0.2) is 316 Å². The van der Waals surface area contributed by atoms with Gasteiger partial charge in [-0.15, -0.1) is 0 Å². The maximum atomic E-state index is 13.1. The molecule has 21 heteroatoms. The molecule has 0 heterocycles. The molecule has 8 atom stereocenters. The average molecular weight is 1680 g/mol. The lowest BCUT2D eigenvalue weighted by atomic mass is 9.73. The lowest BCUT2D eigenvalue weighted by Gasteiger charge is -2.30. The van der Waals surface area contributed by atoms with E-state index in [2.05, 4.69) is 50.6 Å². The highest BCUT2D eigenvalue weighted by Crippen LogP contribution is 2.47. The zero-order valence-electron chi connectivity index (χ0n) is 70.7. The highest BCUT2D eigenvalue weighted by Gasteiger charge is 2.32. The molecule has 0 saturated carbocycles. The second kappa shape index (κ2) is 45.7. The smallest absolute Gasteiger partial charge is 0.333 e. The molecule has 0 radical (unpaired) electrons.